The first kappa shape index (κ1) is 29.2. The van der Waals surface area contributed by atoms with E-state index in [2.05, 4.69) is 69.5 Å². The second kappa shape index (κ2) is 11.9. The smallest absolute Gasteiger partial charge is 0.263 e. The highest BCUT2D eigenvalue weighted by Crippen LogP contribution is 2.42. The number of rotatable bonds is 8. The predicted molar refractivity (Wildman–Crippen MR) is 167 cm³/mol. The van der Waals surface area contributed by atoms with Crippen LogP contribution in [-0.2, 0) is 11.3 Å². The van der Waals surface area contributed by atoms with E-state index in [1.807, 2.05) is 40.5 Å². The Morgan fingerprint density at radius 2 is 1.98 bits per heavy atom. The third-order valence-electron chi connectivity index (χ3n) is 7.71. The number of allylic oxidation sites excluding steroid dienone is 6. The Hall–Kier alpha value is -3.35. The highest BCUT2D eigenvalue weighted by molar-refractivity contribution is 7.18. The first-order valence-corrected chi connectivity index (χ1v) is 15.4. The molecular weight excluding hydrogens is 552 g/mol. The first-order valence-electron chi connectivity index (χ1n) is 14.2. The molecule has 7 heteroatoms. The third kappa shape index (κ3) is 6.60. The van der Waals surface area contributed by atoms with E-state index in [9.17, 15) is 9.90 Å². The Morgan fingerprint density at radius 1 is 1.20 bits per heavy atom. The molecule has 0 fully saturated rings. The molecule has 5 rings (SSSR count). The standard InChI is InChI=1S/C34H37ClN2O3S/c1-6-36-28-15-22(2)23(3)16-30(28)41-32(36)18-25-17-24(20-34(4,5)21-25)9-7-10-31-37(14-8-11-33(38)39)27-19-26(35)12-13-29(27)40-31/h7,9-10,12-13,15-19H,6,8,11,14,20-21H2,1-5H3. The lowest BCUT2D eigenvalue weighted by atomic mass is 9.75. The fourth-order valence-electron chi connectivity index (χ4n) is 5.72. The number of benzene rings is 2. The lowest BCUT2D eigenvalue weighted by Crippen LogP contribution is -2.33. The van der Waals surface area contributed by atoms with Gasteiger partial charge >= 0.3 is 0 Å². The van der Waals surface area contributed by atoms with Crippen LogP contribution >= 0.6 is 22.9 Å². The molecule has 0 unspecified atom stereocenters. The maximum Gasteiger partial charge on any atom is 0.263 e. The van der Waals surface area contributed by atoms with Gasteiger partial charge in [-0.15, -0.1) is 0 Å². The van der Waals surface area contributed by atoms with Gasteiger partial charge in [0.1, 0.15) is 11.2 Å². The topological polar surface area (TPSA) is 56.5 Å². The van der Waals surface area contributed by atoms with E-state index in [1.54, 1.807) is 6.07 Å². The van der Waals surface area contributed by atoms with Gasteiger partial charge in [-0.3, -0.25) is 0 Å². The molecule has 41 heavy (non-hydrogen) atoms. The summed E-state index contributed by atoms with van der Waals surface area (Å²) in [6.45, 7) is 12.7. The Labute approximate surface area is 251 Å². The number of ether oxygens (including phenoxy) is 1. The van der Waals surface area contributed by atoms with E-state index in [0.717, 1.165) is 25.1 Å². The Kier molecular flexibility index (Phi) is 8.44. The van der Waals surface area contributed by atoms with Crippen LogP contribution in [0.2, 0.25) is 5.02 Å². The maximum atomic E-state index is 11.0. The van der Waals surface area contributed by atoms with Crippen molar-refractivity contribution >= 4 is 50.9 Å². The molecule has 5 nitrogen and oxygen atoms in total. The average Bonchev–Trinajstić information content (AvgIpc) is 3.39. The van der Waals surface area contributed by atoms with Crippen molar-refractivity contribution < 1.29 is 19.2 Å². The first-order chi connectivity index (χ1) is 19.5. The third-order valence-corrected chi connectivity index (χ3v) is 9.04. The van der Waals surface area contributed by atoms with Crippen molar-refractivity contribution in [1.29, 1.82) is 0 Å². The molecule has 1 aliphatic carbocycles. The highest BCUT2D eigenvalue weighted by Gasteiger charge is 2.28. The van der Waals surface area contributed by atoms with Gasteiger partial charge in [-0.05, 0) is 104 Å². The van der Waals surface area contributed by atoms with Crippen molar-refractivity contribution in [1.82, 2.24) is 0 Å². The zero-order chi connectivity index (χ0) is 29.3. The van der Waals surface area contributed by atoms with E-state index < -0.39 is 5.97 Å². The Bertz CT molecular complexity index is 1630. The molecule has 2 aromatic carbocycles. The number of carbonyl (C=O) groups excluding carboxylic acids is 1. The molecule has 2 aliphatic rings. The number of aliphatic carboxylic acids is 1. The molecule has 0 atom stereocenters. The molecule has 0 bridgehead atoms. The Morgan fingerprint density at radius 3 is 2.73 bits per heavy atom. The lowest BCUT2D eigenvalue weighted by Gasteiger charge is -2.30. The summed E-state index contributed by atoms with van der Waals surface area (Å²) in [5.74, 6) is 0.315. The molecule has 0 N–H and O–H groups in total. The number of halogens is 1. The molecule has 3 aromatic rings. The van der Waals surface area contributed by atoms with E-state index in [4.69, 9.17) is 16.3 Å². The van der Waals surface area contributed by atoms with Crippen LogP contribution in [0.4, 0.5) is 5.69 Å². The molecular formula is C34H37ClN2O3S. The Balaban J connectivity index is 1.42. The number of nitrogens with zero attached hydrogens (tertiary/aromatic N) is 2. The van der Waals surface area contributed by atoms with Crippen LogP contribution in [0.3, 0.4) is 0 Å². The van der Waals surface area contributed by atoms with Crippen molar-refractivity contribution in [2.24, 2.45) is 5.41 Å². The number of aryl methyl sites for hydroxylation is 3. The molecule has 0 saturated heterocycles. The van der Waals surface area contributed by atoms with Gasteiger partial charge in [-0.25, -0.2) is 0 Å². The van der Waals surface area contributed by atoms with Crippen LogP contribution in [-0.4, -0.2) is 12.5 Å². The quantitative estimate of drug-likeness (QED) is 0.257. The number of thiazole rings is 1. The average molecular weight is 589 g/mol. The summed E-state index contributed by atoms with van der Waals surface area (Å²) in [4.78, 5) is 13.0. The van der Waals surface area contributed by atoms with Crippen LogP contribution in [0, 0.1) is 19.3 Å². The number of aromatic nitrogens is 1. The van der Waals surface area contributed by atoms with Crippen molar-refractivity contribution in [3.05, 3.63) is 92.8 Å². The van der Waals surface area contributed by atoms with Gasteiger partial charge in [0, 0.05) is 29.7 Å². The van der Waals surface area contributed by atoms with Gasteiger partial charge in [0.25, 0.3) is 5.01 Å². The number of anilines is 1. The molecule has 1 aliphatic heterocycles. The number of carboxylic acids is 1. The van der Waals surface area contributed by atoms with Crippen molar-refractivity contribution in [3.63, 3.8) is 0 Å². The number of hydrogen-bond donors (Lipinski definition) is 0. The van der Waals surface area contributed by atoms with Gasteiger partial charge in [-0.1, -0.05) is 55.0 Å². The van der Waals surface area contributed by atoms with E-state index in [1.165, 1.54) is 37.5 Å². The van der Waals surface area contributed by atoms with Crippen molar-refractivity contribution in [3.8, 4) is 5.75 Å². The van der Waals surface area contributed by atoms with Crippen LogP contribution in [0.15, 0.2) is 71.7 Å². The van der Waals surface area contributed by atoms with Gasteiger partial charge in [-0.2, -0.15) is 4.57 Å². The van der Waals surface area contributed by atoms with Crippen LogP contribution in [0.1, 0.15) is 62.6 Å². The normalized spacial score (nSPS) is 18.4. The van der Waals surface area contributed by atoms with Crippen LogP contribution in [0.25, 0.3) is 16.3 Å². The summed E-state index contributed by atoms with van der Waals surface area (Å²) >= 11 is 8.11. The predicted octanol–water partition coefficient (Wildman–Crippen LogP) is 7.44. The maximum absolute atomic E-state index is 11.0. The minimum atomic E-state index is -1.05. The van der Waals surface area contributed by atoms with E-state index >= 15 is 0 Å². The molecule has 0 amide bonds. The minimum Gasteiger partial charge on any atom is -0.550 e. The fraction of sp³-hybridized carbons (Fsp3) is 0.353. The second-order valence-electron chi connectivity index (χ2n) is 11.8. The molecule has 214 valence electrons. The lowest BCUT2D eigenvalue weighted by molar-refractivity contribution is -0.665. The number of hydrogen-bond acceptors (Lipinski definition) is 5. The zero-order valence-corrected chi connectivity index (χ0v) is 26.0. The summed E-state index contributed by atoms with van der Waals surface area (Å²) in [6.07, 6.45) is 13.3. The van der Waals surface area contributed by atoms with Crippen molar-refractivity contribution in [2.75, 3.05) is 11.4 Å². The SMILES string of the molecule is CC[n+]1c(C=C2C=C(/C=C/C=C3/Oc4ccc(Cl)cc4N3CCCC(=O)[O-])CC(C)(C)C2)sc2cc(C)c(C)cc21. The highest BCUT2D eigenvalue weighted by atomic mass is 35.5. The summed E-state index contributed by atoms with van der Waals surface area (Å²) in [6, 6.07) is 10.1. The number of carbonyl (C=O) groups is 1. The van der Waals surface area contributed by atoms with E-state index in [0.29, 0.717) is 29.6 Å². The minimum absolute atomic E-state index is 0.0103. The number of carboxylic acid groups (broad SMARTS) is 1. The molecule has 0 radical (unpaired) electrons. The van der Waals surface area contributed by atoms with Crippen LogP contribution < -0.4 is 19.3 Å². The van der Waals surface area contributed by atoms with Crippen LogP contribution in [0.5, 0.6) is 5.75 Å². The molecule has 2 heterocycles. The molecule has 0 spiro atoms. The monoisotopic (exact) mass is 588 g/mol. The van der Waals surface area contributed by atoms with Crippen molar-refractivity contribution in [2.45, 2.75) is 66.8 Å². The summed E-state index contributed by atoms with van der Waals surface area (Å²) in [5.41, 5.74) is 7.55. The van der Waals surface area contributed by atoms with Gasteiger partial charge in [0.15, 0.2) is 5.75 Å². The summed E-state index contributed by atoms with van der Waals surface area (Å²) in [7, 11) is 0. The molecule has 0 saturated carbocycles. The van der Waals surface area contributed by atoms with Gasteiger partial charge in [0.2, 0.25) is 11.4 Å². The second-order valence-corrected chi connectivity index (χ2v) is 13.2. The summed E-state index contributed by atoms with van der Waals surface area (Å²) < 4.78 is 9.87. The zero-order valence-electron chi connectivity index (χ0n) is 24.4. The largest absolute Gasteiger partial charge is 0.550 e. The summed E-state index contributed by atoms with van der Waals surface area (Å²) in [5, 5.41) is 12.9. The molecule has 1 aromatic heterocycles. The number of fused-ring (bicyclic) bond motifs is 2. The van der Waals surface area contributed by atoms with E-state index in [-0.39, 0.29) is 11.8 Å². The fourth-order valence-corrected chi connectivity index (χ4v) is 7.17. The van der Waals surface area contributed by atoms with Gasteiger partial charge in [0.05, 0.1) is 5.69 Å². The van der Waals surface area contributed by atoms with Gasteiger partial charge < -0.3 is 19.5 Å².